The van der Waals surface area contributed by atoms with Gasteiger partial charge in [0, 0.05) is 29.6 Å². The fourth-order valence-corrected chi connectivity index (χ4v) is 3.64. The Hall–Kier alpha value is -0.380. The zero-order chi connectivity index (χ0) is 11.6. The van der Waals surface area contributed by atoms with Crippen molar-refractivity contribution in [1.29, 1.82) is 0 Å². The molecule has 2 aliphatic rings. The average Bonchev–Trinajstić information content (AvgIpc) is 2.69. The van der Waals surface area contributed by atoms with E-state index >= 15 is 0 Å². The highest BCUT2D eigenvalue weighted by Crippen LogP contribution is 2.29. The minimum Gasteiger partial charge on any atom is -0.335 e. The predicted molar refractivity (Wildman–Crippen MR) is 68.9 cm³/mol. The topological polar surface area (TPSA) is 32.3 Å². The number of hydrogen-bond acceptors (Lipinski definition) is 2. The summed E-state index contributed by atoms with van der Waals surface area (Å²) in [5.74, 6) is 1.06. The lowest BCUT2D eigenvalue weighted by atomic mass is 10.2. The Morgan fingerprint density at radius 2 is 2.06 bits per heavy atom. The summed E-state index contributed by atoms with van der Waals surface area (Å²) in [7, 11) is 0. The molecule has 0 aromatic rings. The number of amides is 2. The lowest BCUT2D eigenvalue weighted by Crippen LogP contribution is -2.51. The van der Waals surface area contributed by atoms with Crippen LogP contribution in [-0.2, 0) is 0 Å². The van der Waals surface area contributed by atoms with Crippen LogP contribution >= 0.6 is 11.8 Å². The Bertz CT molecular complexity index is 262. The molecule has 0 aromatic heterocycles. The van der Waals surface area contributed by atoms with E-state index in [1.807, 2.05) is 16.7 Å². The number of urea groups is 1. The number of nitrogens with one attached hydrogen (secondary N) is 1. The first kappa shape index (κ1) is 12.1. The molecule has 4 heteroatoms. The smallest absolute Gasteiger partial charge is 0.317 e. The Morgan fingerprint density at radius 3 is 2.69 bits per heavy atom. The van der Waals surface area contributed by atoms with Crippen molar-refractivity contribution in [1.82, 2.24) is 10.2 Å². The van der Waals surface area contributed by atoms with E-state index in [4.69, 9.17) is 0 Å². The van der Waals surface area contributed by atoms with Crippen molar-refractivity contribution >= 4 is 17.8 Å². The van der Waals surface area contributed by atoms with Gasteiger partial charge in [-0.05, 0) is 26.7 Å². The predicted octanol–water partition coefficient (Wildman–Crippen LogP) is 2.47. The minimum atomic E-state index is 0.153. The summed E-state index contributed by atoms with van der Waals surface area (Å²) >= 11 is 1.96. The standard InChI is InChI=1S/C12H22N2OS/c1-12(2)9-14(7-8-16-12)11(15)13-10-5-3-4-6-10/h10H,3-9H2,1-2H3,(H,13,15). The normalized spacial score (nSPS) is 25.8. The number of carbonyl (C=O) groups excluding carboxylic acids is 1. The second-order valence-corrected chi connectivity index (χ2v) is 7.26. The molecule has 16 heavy (non-hydrogen) atoms. The van der Waals surface area contributed by atoms with Gasteiger partial charge in [0.15, 0.2) is 0 Å². The molecule has 2 amide bonds. The summed E-state index contributed by atoms with van der Waals surface area (Å²) in [6, 6.07) is 0.588. The van der Waals surface area contributed by atoms with Crippen LogP contribution in [0, 0.1) is 0 Å². The van der Waals surface area contributed by atoms with Crippen molar-refractivity contribution in [2.24, 2.45) is 0 Å². The van der Waals surface area contributed by atoms with Crippen LogP contribution in [0.15, 0.2) is 0 Å². The molecule has 0 radical (unpaired) electrons. The van der Waals surface area contributed by atoms with E-state index in [-0.39, 0.29) is 10.8 Å². The highest BCUT2D eigenvalue weighted by molar-refractivity contribution is 8.00. The Labute approximate surface area is 102 Å². The lowest BCUT2D eigenvalue weighted by molar-refractivity contribution is 0.191. The molecule has 3 nitrogen and oxygen atoms in total. The van der Waals surface area contributed by atoms with Gasteiger partial charge in [0.1, 0.15) is 0 Å². The summed E-state index contributed by atoms with van der Waals surface area (Å²) in [4.78, 5) is 14.0. The van der Waals surface area contributed by atoms with Gasteiger partial charge in [0.2, 0.25) is 0 Å². The number of nitrogens with zero attached hydrogens (tertiary/aromatic N) is 1. The molecule has 0 unspecified atom stereocenters. The maximum atomic E-state index is 12.0. The van der Waals surface area contributed by atoms with Crippen LogP contribution in [0.25, 0.3) is 0 Å². The zero-order valence-corrected chi connectivity index (χ0v) is 11.1. The first-order valence-electron chi connectivity index (χ1n) is 6.26. The van der Waals surface area contributed by atoms with E-state index < -0.39 is 0 Å². The van der Waals surface area contributed by atoms with Crippen LogP contribution < -0.4 is 5.32 Å². The van der Waals surface area contributed by atoms with Gasteiger partial charge in [-0.2, -0.15) is 11.8 Å². The molecule has 1 heterocycles. The van der Waals surface area contributed by atoms with Crippen molar-refractivity contribution < 1.29 is 4.79 Å². The molecular weight excluding hydrogens is 220 g/mol. The maximum Gasteiger partial charge on any atom is 0.317 e. The third-order valence-electron chi connectivity index (χ3n) is 3.40. The third-order valence-corrected chi connectivity index (χ3v) is 4.69. The molecule has 1 saturated carbocycles. The Kier molecular flexibility index (Phi) is 3.67. The molecule has 0 aromatic carbocycles. The van der Waals surface area contributed by atoms with Crippen LogP contribution in [0.4, 0.5) is 4.79 Å². The van der Waals surface area contributed by atoms with E-state index in [9.17, 15) is 4.79 Å². The number of rotatable bonds is 1. The van der Waals surface area contributed by atoms with E-state index in [0.29, 0.717) is 6.04 Å². The van der Waals surface area contributed by atoms with Crippen LogP contribution in [0.3, 0.4) is 0 Å². The van der Waals surface area contributed by atoms with Crippen LogP contribution in [0.5, 0.6) is 0 Å². The van der Waals surface area contributed by atoms with Gasteiger partial charge >= 0.3 is 6.03 Å². The van der Waals surface area contributed by atoms with E-state index in [1.165, 1.54) is 12.8 Å². The molecular formula is C12H22N2OS. The largest absolute Gasteiger partial charge is 0.335 e. The van der Waals surface area contributed by atoms with Crippen molar-refractivity contribution in [2.75, 3.05) is 18.8 Å². The third kappa shape index (κ3) is 3.06. The van der Waals surface area contributed by atoms with Gasteiger partial charge < -0.3 is 10.2 Å². The van der Waals surface area contributed by atoms with Gasteiger partial charge in [0.25, 0.3) is 0 Å². The fraction of sp³-hybridized carbons (Fsp3) is 0.917. The summed E-state index contributed by atoms with van der Waals surface area (Å²) in [5.41, 5.74) is 0. The highest BCUT2D eigenvalue weighted by atomic mass is 32.2. The SMILES string of the molecule is CC1(C)CN(C(=O)NC2CCCC2)CCS1. The number of carbonyl (C=O) groups is 1. The van der Waals surface area contributed by atoms with Gasteiger partial charge in [-0.3, -0.25) is 0 Å². The molecule has 0 spiro atoms. The van der Waals surface area contributed by atoms with Gasteiger partial charge in [-0.25, -0.2) is 4.79 Å². The van der Waals surface area contributed by atoms with Crippen LogP contribution in [-0.4, -0.2) is 40.6 Å². The number of thioether (sulfide) groups is 1. The first-order chi connectivity index (χ1) is 7.57. The first-order valence-corrected chi connectivity index (χ1v) is 7.25. The van der Waals surface area contributed by atoms with Crippen LogP contribution in [0.1, 0.15) is 39.5 Å². The highest BCUT2D eigenvalue weighted by Gasteiger charge is 2.30. The lowest BCUT2D eigenvalue weighted by Gasteiger charge is -2.37. The summed E-state index contributed by atoms with van der Waals surface area (Å²) in [6.45, 7) is 6.20. The molecule has 2 fully saturated rings. The van der Waals surface area contributed by atoms with Crippen molar-refractivity contribution in [3.63, 3.8) is 0 Å². The van der Waals surface area contributed by atoms with Gasteiger partial charge in [-0.1, -0.05) is 12.8 Å². The second-order valence-electron chi connectivity index (χ2n) is 5.46. The molecule has 2 rings (SSSR count). The Morgan fingerprint density at radius 1 is 1.38 bits per heavy atom. The molecule has 1 N–H and O–H groups in total. The minimum absolute atomic E-state index is 0.153. The van der Waals surface area contributed by atoms with Crippen LogP contribution in [0.2, 0.25) is 0 Å². The maximum absolute atomic E-state index is 12.0. The summed E-state index contributed by atoms with van der Waals surface area (Å²) in [5, 5.41) is 3.16. The quantitative estimate of drug-likeness (QED) is 0.766. The van der Waals surface area contributed by atoms with Gasteiger partial charge in [0.05, 0.1) is 0 Å². The summed E-state index contributed by atoms with van der Waals surface area (Å²) in [6.07, 6.45) is 4.87. The molecule has 1 saturated heterocycles. The molecule has 1 aliphatic heterocycles. The van der Waals surface area contributed by atoms with Crippen molar-refractivity contribution in [3.05, 3.63) is 0 Å². The second kappa shape index (κ2) is 4.86. The zero-order valence-electron chi connectivity index (χ0n) is 10.3. The van der Waals surface area contributed by atoms with E-state index in [1.54, 1.807) is 0 Å². The molecule has 1 aliphatic carbocycles. The summed E-state index contributed by atoms with van der Waals surface area (Å²) < 4.78 is 0.214. The monoisotopic (exact) mass is 242 g/mol. The number of hydrogen-bond donors (Lipinski definition) is 1. The fourth-order valence-electron chi connectivity index (χ4n) is 2.53. The average molecular weight is 242 g/mol. The molecule has 0 bridgehead atoms. The Balaban J connectivity index is 1.84. The molecule has 92 valence electrons. The van der Waals surface area contributed by atoms with Gasteiger partial charge in [-0.15, -0.1) is 0 Å². The van der Waals surface area contributed by atoms with Crippen molar-refractivity contribution in [2.45, 2.75) is 50.3 Å². The van der Waals surface area contributed by atoms with Crippen molar-refractivity contribution in [3.8, 4) is 0 Å². The molecule has 0 atom stereocenters. The van der Waals surface area contributed by atoms with E-state index in [2.05, 4.69) is 19.2 Å². The van der Waals surface area contributed by atoms with E-state index in [0.717, 1.165) is 31.7 Å².